The summed E-state index contributed by atoms with van der Waals surface area (Å²) in [6, 6.07) is 12.5. The van der Waals surface area contributed by atoms with Gasteiger partial charge in [-0.25, -0.2) is 0 Å². The van der Waals surface area contributed by atoms with Crippen LogP contribution in [-0.2, 0) is 6.54 Å². The predicted molar refractivity (Wildman–Crippen MR) is 92.0 cm³/mol. The number of aryl methyl sites for hydroxylation is 2. The van der Waals surface area contributed by atoms with Crippen LogP contribution in [0.5, 0.6) is 11.5 Å². The minimum atomic E-state index is 0.633. The van der Waals surface area contributed by atoms with Crippen LogP contribution < -0.4 is 14.8 Å². The number of hydrogen-bond donors (Lipinski definition) is 1. The maximum Gasteiger partial charge on any atom is 0.161 e. The van der Waals surface area contributed by atoms with E-state index in [9.17, 15) is 0 Å². The molecule has 0 bridgehead atoms. The van der Waals surface area contributed by atoms with Gasteiger partial charge in [0.1, 0.15) is 0 Å². The van der Waals surface area contributed by atoms with Crippen molar-refractivity contribution in [2.24, 2.45) is 0 Å². The summed E-state index contributed by atoms with van der Waals surface area (Å²) in [4.78, 5) is 0. The SMILES string of the molecule is CCOc1ccc(CNc2ccc(C)c(C)c2)cc1OCC. The van der Waals surface area contributed by atoms with Gasteiger partial charge in [-0.1, -0.05) is 12.1 Å². The zero-order valence-corrected chi connectivity index (χ0v) is 13.9. The molecule has 2 aromatic rings. The first kappa shape index (κ1) is 16.2. The Kier molecular flexibility index (Phi) is 5.70. The zero-order chi connectivity index (χ0) is 15.9. The first-order valence-electron chi connectivity index (χ1n) is 7.83. The van der Waals surface area contributed by atoms with Crippen molar-refractivity contribution in [1.29, 1.82) is 0 Å². The van der Waals surface area contributed by atoms with Crippen molar-refractivity contribution in [2.75, 3.05) is 18.5 Å². The van der Waals surface area contributed by atoms with Gasteiger partial charge in [0.25, 0.3) is 0 Å². The fourth-order valence-corrected chi connectivity index (χ4v) is 2.26. The van der Waals surface area contributed by atoms with Crippen LogP contribution in [0.3, 0.4) is 0 Å². The van der Waals surface area contributed by atoms with Crippen molar-refractivity contribution in [2.45, 2.75) is 34.2 Å². The number of benzene rings is 2. The molecule has 0 spiro atoms. The zero-order valence-electron chi connectivity index (χ0n) is 13.9. The molecule has 118 valence electrons. The molecule has 0 unspecified atom stereocenters. The fourth-order valence-electron chi connectivity index (χ4n) is 2.26. The van der Waals surface area contributed by atoms with Gasteiger partial charge in [0.2, 0.25) is 0 Å². The van der Waals surface area contributed by atoms with E-state index in [0.29, 0.717) is 13.2 Å². The molecule has 0 saturated heterocycles. The van der Waals surface area contributed by atoms with Crippen molar-refractivity contribution in [3.8, 4) is 11.5 Å². The van der Waals surface area contributed by atoms with Crippen LogP contribution in [0, 0.1) is 13.8 Å². The molecular weight excluding hydrogens is 274 g/mol. The molecule has 0 atom stereocenters. The van der Waals surface area contributed by atoms with Gasteiger partial charge in [-0.2, -0.15) is 0 Å². The van der Waals surface area contributed by atoms with Crippen LogP contribution in [0.2, 0.25) is 0 Å². The normalized spacial score (nSPS) is 10.4. The lowest BCUT2D eigenvalue weighted by atomic mass is 10.1. The highest BCUT2D eigenvalue weighted by Crippen LogP contribution is 2.29. The molecule has 3 nitrogen and oxygen atoms in total. The molecule has 1 N–H and O–H groups in total. The molecule has 0 saturated carbocycles. The van der Waals surface area contributed by atoms with Gasteiger partial charge in [0.15, 0.2) is 11.5 Å². The average molecular weight is 299 g/mol. The molecule has 0 aliphatic heterocycles. The Labute approximate surface area is 133 Å². The summed E-state index contributed by atoms with van der Waals surface area (Å²) in [7, 11) is 0. The first-order valence-corrected chi connectivity index (χ1v) is 7.83. The Hall–Kier alpha value is -2.16. The molecule has 3 heteroatoms. The molecule has 0 heterocycles. The molecule has 0 aromatic heterocycles. The Bertz CT molecular complexity index is 623. The highest BCUT2D eigenvalue weighted by Gasteiger charge is 2.06. The minimum Gasteiger partial charge on any atom is -0.490 e. The third-order valence-electron chi connectivity index (χ3n) is 3.61. The van der Waals surface area contributed by atoms with E-state index in [2.05, 4.69) is 43.4 Å². The first-order chi connectivity index (χ1) is 10.6. The topological polar surface area (TPSA) is 30.5 Å². The molecule has 0 fully saturated rings. The van der Waals surface area contributed by atoms with Crippen LogP contribution in [0.1, 0.15) is 30.5 Å². The molecule has 2 aromatic carbocycles. The summed E-state index contributed by atoms with van der Waals surface area (Å²) in [5.41, 5.74) is 4.91. The number of hydrogen-bond acceptors (Lipinski definition) is 3. The largest absolute Gasteiger partial charge is 0.490 e. The standard InChI is InChI=1S/C19H25NO2/c1-5-21-18-10-8-16(12-19(18)22-6-2)13-20-17-9-7-14(3)15(4)11-17/h7-12,20H,5-6,13H2,1-4H3. The molecule has 0 aliphatic carbocycles. The highest BCUT2D eigenvalue weighted by atomic mass is 16.5. The van der Waals surface area contributed by atoms with E-state index in [1.54, 1.807) is 0 Å². The molecule has 2 rings (SSSR count). The summed E-state index contributed by atoms with van der Waals surface area (Å²) in [5.74, 6) is 1.61. The van der Waals surface area contributed by atoms with Crippen LogP contribution in [0.15, 0.2) is 36.4 Å². The van der Waals surface area contributed by atoms with Gasteiger partial charge >= 0.3 is 0 Å². The molecule has 0 amide bonds. The van der Waals surface area contributed by atoms with E-state index >= 15 is 0 Å². The quantitative estimate of drug-likeness (QED) is 0.803. The van der Waals surface area contributed by atoms with Gasteiger partial charge in [-0.15, -0.1) is 0 Å². The highest BCUT2D eigenvalue weighted by molar-refractivity contribution is 5.49. The van der Waals surface area contributed by atoms with E-state index in [1.807, 2.05) is 26.0 Å². The van der Waals surface area contributed by atoms with Crippen LogP contribution in [0.25, 0.3) is 0 Å². The number of ether oxygens (including phenoxy) is 2. The lowest BCUT2D eigenvalue weighted by molar-refractivity contribution is 0.287. The summed E-state index contributed by atoms with van der Waals surface area (Å²) >= 11 is 0. The van der Waals surface area contributed by atoms with Crippen molar-refractivity contribution in [1.82, 2.24) is 0 Å². The summed E-state index contributed by atoms with van der Waals surface area (Å²) in [6.45, 7) is 10.2. The van der Waals surface area contributed by atoms with Crippen LogP contribution >= 0.6 is 0 Å². The van der Waals surface area contributed by atoms with Gasteiger partial charge in [0, 0.05) is 12.2 Å². The lowest BCUT2D eigenvalue weighted by Gasteiger charge is -2.13. The smallest absolute Gasteiger partial charge is 0.161 e. The van der Waals surface area contributed by atoms with E-state index in [0.717, 1.165) is 23.7 Å². The molecule has 0 aliphatic rings. The van der Waals surface area contributed by atoms with Crippen molar-refractivity contribution >= 4 is 5.69 Å². The van der Waals surface area contributed by atoms with Crippen molar-refractivity contribution in [3.05, 3.63) is 53.1 Å². The minimum absolute atomic E-state index is 0.633. The Balaban J connectivity index is 2.08. The fraction of sp³-hybridized carbons (Fsp3) is 0.368. The lowest BCUT2D eigenvalue weighted by Crippen LogP contribution is -2.03. The summed E-state index contributed by atoms with van der Waals surface area (Å²) < 4.78 is 11.3. The second-order valence-corrected chi connectivity index (χ2v) is 5.30. The number of anilines is 1. The van der Waals surface area contributed by atoms with Crippen LogP contribution in [-0.4, -0.2) is 13.2 Å². The maximum absolute atomic E-state index is 5.66. The third kappa shape index (κ3) is 4.17. The monoisotopic (exact) mass is 299 g/mol. The maximum atomic E-state index is 5.66. The van der Waals surface area contributed by atoms with E-state index in [4.69, 9.17) is 9.47 Å². The van der Waals surface area contributed by atoms with Crippen LogP contribution in [0.4, 0.5) is 5.69 Å². The third-order valence-corrected chi connectivity index (χ3v) is 3.61. The van der Waals surface area contributed by atoms with Crippen molar-refractivity contribution < 1.29 is 9.47 Å². The predicted octanol–water partition coefficient (Wildman–Crippen LogP) is 4.71. The Morgan fingerprint density at radius 2 is 1.55 bits per heavy atom. The van der Waals surface area contributed by atoms with Gasteiger partial charge in [0.05, 0.1) is 13.2 Å². The van der Waals surface area contributed by atoms with Gasteiger partial charge in [-0.3, -0.25) is 0 Å². The summed E-state index contributed by atoms with van der Waals surface area (Å²) in [6.07, 6.45) is 0. The Morgan fingerprint density at radius 1 is 0.818 bits per heavy atom. The molecule has 22 heavy (non-hydrogen) atoms. The second kappa shape index (κ2) is 7.74. The van der Waals surface area contributed by atoms with E-state index in [-0.39, 0.29) is 0 Å². The number of nitrogens with one attached hydrogen (secondary N) is 1. The molecule has 0 radical (unpaired) electrons. The van der Waals surface area contributed by atoms with E-state index < -0.39 is 0 Å². The Morgan fingerprint density at radius 3 is 2.23 bits per heavy atom. The van der Waals surface area contributed by atoms with Crippen molar-refractivity contribution in [3.63, 3.8) is 0 Å². The second-order valence-electron chi connectivity index (χ2n) is 5.30. The number of rotatable bonds is 7. The van der Waals surface area contributed by atoms with Gasteiger partial charge < -0.3 is 14.8 Å². The summed E-state index contributed by atoms with van der Waals surface area (Å²) in [5, 5.41) is 3.45. The van der Waals surface area contributed by atoms with Gasteiger partial charge in [-0.05, 0) is 68.7 Å². The molecular formula is C19H25NO2. The van der Waals surface area contributed by atoms with E-state index in [1.165, 1.54) is 16.7 Å². The average Bonchev–Trinajstić information content (AvgIpc) is 2.51.